The predicted octanol–water partition coefficient (Wildman–Crippen LogP) is 7.92. The fourth-order valence-electron chi connectivity index (χ4n) is 4.32. The molecule has 30 heavy (non-hydrogen) atoms. The Morgan fingerprint density at radius 1 is 0.800 bits per heavy atom. The van der Waals surface area contributed by atoms with Gasteiger partial charge in [0.2, 0.25) is 0 Å². The van der Waals surface area contributed by atoms with Gasteiger partial charge in [0.25, 0.3) is 0 Å². The molecule has 2 aromatic rings. The van der Waals surface area contributed by atoms with Crippen LogP contribution in [-0.4, -0.2) is 6.61 Å². The highest BCUT2D eigenvalue weighted by Crippen LogP contribution is 2.35. The molecule has 1 aliphatic rings. The van der Waals surface area contributed by atoms with Gasteiger partial charge >= 0.3 is 0 Å². The summed E-state index contributed by atoms with van der Waals surface area (Å²) in [6, 6.07) is 17.7. The fourth-order valence-corrected chi connectivity index (χ4v) is 4.32. The first-order valence-electron chi connectivity index (χ1n) is 12.1. The van der Waals surface area contributed by atoms with Crippen molar-refractivity contribution >= 4 is 0 Å². The first-order chi connectivity index (χ1) is 14.8. The van der Waals surface area contributed by atoms with Crippen molar-refractivity contribution in [3.63, 3.8) is 0 Å². The number of hydrogen-bond donors (Lipinski definition) is 0. The summed E-state index contributed by atoms with van der Waals surface area (Å²) in [5.41, 5.74) is 4.12. The van der Waals surface area contributed by atoms with Gasteiger partial charge in [-0.15, -0.1) is 0 Å². The molecule has 0 radical (unpaired) electrons. The second kappa shape index (κ2) is 12.5. The van der Waals surface area contributed by atoms with E-state index in [0.717, 1.165) is 24.3 Å². The van der Waals surface area contributed by atoms with Crippen molar-refractivity contribution in [2.45, 2.75) is 84.0 Å². The first kappa shape index (κ1) is 22.5. The Morgan fingerprint density at radius 2 is 1.53 bits per heavy atom. The SMILES string of the molecule is CCCCCCc1ccc(C2CCC(C#Cc3ccc(OCCC)cc3)CC2)cc1. The van der Waals surface area contributed by atoms with Crippen LogP contribution in [0.2, 0.25) is 0 Å². The highest BCUT2D eigenvalue weighted by Gasteiger charge is 2.21. The van der Waals surface area contributed by atoms with Gasteiger partial charge in [0, 0.05) is 11.5 Å². The number of aryl methyl sites for hydroxylation is 1. The van der Waals surface area contributed by atoms with Gasteiger partial charge in [-0.25, -0.2) is 0 Å². The quantitative estimate of drug-likeness (QED) is 0.306. The zero-order chi connectivity index (χ0) is 21.0. The molecular formula is C29H38O. The molecule has 1 fully saturated rings. The van der Waals surface area contributed by atoms with E-state index in [-0.39, 0.29) is 0 Å². The van der Waals surface area contributed by atoms with Crippen LogP contribution in [0.3, 0.4) is 0 Å². The molecular weight excluding hydrogens is 364 g/mol. The van der Waals surface area contributed by atoms with E-state index in [1.54, 1.807) is 0 Å². The topological polar surface area (TPSA) is 9.23 Å². The molecule has 0 amide bonds. The molecule has 160 valence electrons. The Hall–Kier alpha value is -2.20. The van der Waals surface area contributed by atoms with Gasteiger partial charge in [0.05, 0.1) is 6.61 Å². The minimum Gasteiger partial charge on any atom is -0.494 e. The van der Waals surface area contributed by atoms with Gasteiger partial charge in [-0.1, -0.05) is 69.2 Å². The molecule has 0 saturated heterocycles. The molecule has 2 aromatic carbocycles. The van der Waals surface area contributed by atoms with Crippen molar-refractivity contribution in [2.75, 3.05) is 6.61 Å². The third-order valence-corrected chi connectivity index (χ3v) is 6.25. The normalized spacial score (nSPS) is 18.5. The average molecular weight is 403 g/mol. The van der Waals surface area contributed by atoms with E-state index in [1.165, 1.54) is 68.9 Å². The standard InChI is InChI=1S/C29H38O/c1-3-5-6-7-8-24-11-17-27(18-12-24)28-19-13-25(14-20-28)9-10-26-15-21-29(22-16-26)30-23-4-2/h11-12,15-18,21-22,25,28H,3-8,13-14,19-20,23H2,1-2H3. The van der Waals surface area contributed by atoms with Gasteiger partial charge in [-0.2, -0.15) is 0 Å². The third-order valence-electron chi connectivity index (χ3n) is 6.25. The molecule has 0 bridgehead atoms. The molecule has 3 rings (SSSR count). The van der Waals surface area contributed by atoms with Crippen LogP contribution in [0.15, 0.2) is 48.5 Å². The molecule has 1 nitrogen and oxygen atoms in total. The zero-order valence-electron chi connectivity index (χ0n) is 19.0. The summed E-state index contributed by atoms with van der Waals surface area (Å²) in [6.07, 6.45) is 12.6. The lowest BCUT2D eigenvalue weighted by Crippen LogP contribution is -2.12. The summed E-state index contributed by atoms with van der Waals surface area (Å²) < 4.78 is 5.65. The van der Waals surface area contributed by atoms with E-state index >= 15 is 0 Å². The summed E-state index contributed by atoms with van der Waals surface area (Å²) in [5.74, 6) is 9.10. The number of benzene rings is 2. The van der Waals surface area contributed by atoms with Crippen LogP contribution in [0.4, 0.5) is 0 Å². The lowest BCUT2D eigenvalue weighted by molar-refractivity contribution is 0.317. The van der Waals surface area contributed by atoms with Crippen LogP contribution in [0.5, 0.6) is 5.75 Å². The molecule has 1 aliphatic carbocycles. The zero-order valence-corrected chi connectivity index (χ0v) is 19.0. The van der Waals surface area contributed by atoms with Crippen molar-refractivity contribution in [1.82, 2.24) is 0 Å². The molecule has 0 unspecified atom stereocenters. The van der Waals surface area contributed by atoms with E-state index in [0.29, 0.717) is 11.8 Å². The highest BCUT2D eigenvalue weighted by molar-refractivity contribution is 5.38. The Kier molecular flexibility index (Phi) is 9.36. The van der Waals surface area contributed by atoms with Crippen molar-refractivity contribution in [1.29, 1.82) is 0 Å². The van der Waals surface area contributed by atoms with Crippen molar-refractivity contribution in [3.05, 3.63) is 65.2 Å². The van der Waals surface area contributed by atoms with Crippen LogP contribution in [0.1, 0.15) is 94.2 Å². The molecule has 1 saturated carbocycles. The smallest absolute Gasteiger partial charge is 0.119 e. The maximum absolute atomic E-state index is 5.65. The second-order valence-corrected chi connectivity index (χ2v) is 8.74. The fraction of sp³-hybridized carbons (Fsp3) is 0.517. The molecule has 1 heteroatoms. The minimum atomic E-state index is 0.537. The number of rotatable bonds is 9. The largest absolute Gasteiger partial charge is 0.494 e. The minimum absolute atomic E-state index is 0.537. The van der Waals surface area contributed by atoms with Crippen LogP contribution < -0.4 is 4.74 Å². The van der Waals surface area contributed by atoms with Crippen LogP contribution >= 0.6 is 0 Å². The number of hydrogen-bond acceptors (Lipinski definition) is 1. The van der Waals surface area contributed by atoms with Crippen LogP contribution in [0, 0.1) is 17.8 Å². The maximum atomic E-state index is 5.65. The van der Waals surface area contributed by atoms with E-state index in [4.69, 9.17) is 4.74 Å². The second-order valence-electron chi connectivity index (χ2n) is 8.74. The number of unbranched alkanes of at least 4 members (excludes halogenated alkanes) is 3. The van der Waals surface area contributed by atoms with Gasteiger partial charge in [0.1, 0.15) is 5.75 Å². The third kappa shape index (κ3) is 7.24. The highest BCUT2D eigenvalue weighted by atomic mass is 16.5. The van der Waals surface area contributed by atoms with Crippen molar-refractivity contribution in [2.24, 2.45) is 5.92 Å². The molecule has 0 spiro atoms. The molecule has 0 heterocycles. The van der Waals surface area contributed by atoms with Crippen LogP contribution in [-0.2, 0) is 6.42 Å². The molecule has 0 atom stereocenters. The average Bonchev–Trinajstić information content (AvgIpc) is 2.81. The van der Waals surface area contributed by atoms with Gasteiger partial charge in [-0.3, -0.25) is 0 Å². The van der Waals surface area contributed by atoms with Gasteiger partial charge in [0.15, 0.2) is 0 Å². The first-order valence-corrected chi connectivity index (χ1v) is 12.1. The van der Waals surface area contributed by atoms with Crippen molar-refractivity contribution in [3.8, 4) is 17.6 Å². The summed E-state index contributed by atoms with van der Waals surface area (Å²) in [6.45, 7) is 5.17. The molecule has 0 N–H and O–H groups in total. The maximum Gasteiger partial charge on any atom is 0.119 e. The van der Waals surface area contributed by atoms with Crippen molar-refractivity contribution < 1.29 is 4.74 Å². The van der Waals surface area contributed by atoms with E-state index in [1.807, 2.05) is 12.1 Å². The van der Waals surface area contributed by atoms with E-state index < -0.39 is 0 Å². The lowest BCUT2D eigenvalue weighted by Gasteiger charge is -2.26. The summed E-state index contributed by atoms with van der Waals surface area (Å²) in [5, 5.41) is 0. The van der Waals surface area contributed by atoms with E-state index in [2.05, 4.69) is 62.1 Å². The molecule has 0 aromatic heterocycles. The van der Waals surface area contributed by atoms with Crippen LogP contribution in [0.25, 0.3) is 0 Å². The predicted molar refractivity (Wildman–Crippen MR) is 128 cm³/mol. The van der Waals surface area contributed by atoms with Gasteiger partial charge < -0.3 is 4.74 Å². The Morgan fingerprint density at radius 3 is 2.20 bits per heavy atom. The summed E-state index contributed by atoms with van der Waals surface area (Å²) in [7, 11) is 0. The molecule has 0 aliphatic heterocycles. The summed E-state index contributed by atoms with van der Waals surface area (Å²) >= 11 is 0. The lowest BCUT2D eigenvalue weighted by atomic mass is 9.78. The van der Waals surface area contributed by atoms with E-state index in [9.17, 15) is 0 Å². The monoisotopic (exact) mass is 402 g/mol. The Labute approximate surface area is 184 Å². The summed E-state index contributed by atoms with van der Waals surface area (Å²) in [4.78, 5) is 0. The Bertz CT molecular complexity index is 783. The number of ether oxygens (including phenoxy) is 1. The van der Waals surface area contributed by atoms with Gasteiger partial charge in [-0.05, 0) is 86.3 Å². The Balaban J connectivity index is 1.44.